The third-order valence-corrected chi connectivity index (χ3v) is 12.4. The van der Waals surface area contributed by atoms with E-state index in [4.69, 9.17) is 4.52 Å². The summed E-state index contributed by atoms with van der Waals surface area (Å²) in [6.07, 6.45) is 4.92. The fraction of sp³-hybridized carbons (Fsp3) is 0.649. The predicted octanol–water partition coefficient (Wildman–Crippen LogP) is 8.27. The highest BCUT2D eigenvalue weighted by atomic mass is 19.4. The van der Waals surface area contributed by atoms with Gasteiger partial charge in [0.25, 0.3) is 0 Å². The largest absolute Gasteiger partial charge is 0.417 e. The lowest BCUT2D eigenvalue weighted by Crippen LogP contribution is -2.54. The van der Waals surface area contributed by atoms with Crippen LogP contribution in [0.1, 0.15) is 119 Å². The first-order chi connectivity index (χ1) is 23.8. The van der Waals surface area contributed by atoms with E-state index in [-0.39, 0.29) is 54.7 Å². The lowest BCUT2D eigenvalue weighted by Gasteiger charge is -2.48. The summed E-state index contributed by atoms with van der Waals surface area (Å²) in [5.74, 6) is -1.61. The molecule has 0 radical (unpaired) electrons. The summed E-state index contributed by atoms with van der Waals surface area (Å²) in [7, 11) is 0. The van der Waals surface area contributed by atoms with Crippen LogP contribution in [0.4, 0.5) is 27.6 Å². The quantitative estimate of drug-likeness (QED) is 0.236. The van der Waals surface area contributed by atoms with E-state index in [9.17, 15) is 31.9 Å². The Kier molecular flexibility index (Phi) is 8.30. The Morgan fingerprint density at radius 1 is 0.920 bits per heavy atom. The second-order valence-corrected chi connectivity index (χ2v) is 15.8. The standard InChI is InChI=1S/C37H42F5N5O3/c38-36(39)13-9-23(10-14-36)32(48)47(29-5-1-3-24(15-29)28-19-43-30(44-20-28)22-6-7-22)21-26-8-12-34(11-2-4-25(26)16-34)33-45-31(50-46-33)27-17-35(49,18-27)37(40,41)42/h1,3,5,15,19-20,22-23,25-27,49H,2,4,6-14,16-18,21H2. The Morgan fingerprint density at radius 2 is 1.66 bits per heavy atom. The summed E-state index contributed by atoms with van der Waals surface area (Å²) in [6, 6.07) is 7.76. The van der Waals surface area contributed by atoms with Crippen LogP contribution < -0.4 is 4.90 Å². The van der Waals surface area contributed by atoms with E-state index in [0.717, 1.165) is 74.0 Å². The zero-order valence-corrected chi connectivity index (χ0v) is 27.8. The van der Waals surface area contributed by atoms with E-state index in [1.807, 2.05) is 41.6 Å². The molecule has 1 N–H and O–H groups in total. The van der Waals surface area contributed by atoms with Gasteiger partial charge in [0.15, 0.2) is 11.4 Å². The molecule has 13 heteroatoms. The van der Waals surface area contributed by atoms with Crippen LogP contribution in [0.2, 0.25) is 0 Å². The molecule has 8 nitrogen and oxygen atoms in total. The van der Waals surface area contributed by atoms with Gasteiger partial charge >= 0.3 is 6.18 Å². The molecule has 8 rings (SSSR count). The Labute approximate surface area is 287 Å². The number of carbonyl (C=O) groups is 1. The van der Waals surface area contributed by atoms with Gasteiger partial charge in [-0.1, -0.05) is 30.1 Å². The topological polar surface area (TPSA) is 105 Å². The van der Waals surface area contributed by atoms with Crippen molar-refractivity contribution in [2.45, 2.75) is 125 Å². The van der Waals surface area contributed by atoms with Gasteiger partial charge in [0.05, 0.1) is 0 Å². The number of hydrogen-bond acceptors (Lipinski definition) is 7. The number of aromatic nitrogens is 4. The van der Waals surface area contributed by atoms with Crippen LogP contribution >= 0.6 is 0 Å². The normalized spacial score (nSPS) is 31.2. The molecule has 5 aliphatic rings. The molecule has 0 saturated heterocycles. The third-order valence-electron chi connectivity index (χ3n) is 12.4. The Bertz CT molecular complexity index is 1710. The highest BCUT2D eigenvalue weighted by Crippen LogP contribution is 2.55. The Balaban J connectivity index is 1.01. The van der Waals surface area contributed by atoms with Crippen LogP contribution in [0.3, 0.4) is 0 Å². The molecule has 0 spiro atoms. The molecule has 50 heavy (non-hydrogen) atoms. The van der Waals surface area contributed by atoms with Gasteiger partial charge in [-0.2, -0.15) is 18.2 Å². The van der Waals surface area contributed by atoms with E-state index in [0.29, 0.717) is 18.3 Å². The van der Waals surface area contributed by atoms with Crippen molar-refractivity contribution in [3.8, 4) is 11.1 Å². The second-order valence-electron chi connectivity index (χ2n) is 15.8. The van der Waals surface area contributed by atoms with Crippen molar-refractivity contribution in [3.05, 3.63) is 54.2 Å². The van der Waals surface area contributed by atoms with Gasteiger partial charge in [0, 0.05) is 66.2 Å². The van der Waals surface area contributed by atoms with Gasteiger partial charge in [0.2, 0.25) is 17.7 Å². The van der Waals surface area contributed by atoms with Crippen LogP contribution in [0, 0.1) is 17.8 Å². The highest BCUT2D eigenvalue weighted by molar-refractivity contribution is 5.95. The molecule has 3 unspecified atom stereocenters. The molecule has 268 valence electrons. The summed E-state index contributed by atoms with van der Waals surface area (Å²) < 4.78 is 73.4. The van der Waals surface area contributed by atoms with Crippen molar-refractivity contribution >= 4 is 11.6 Å². The van der Waals surface area contributed by atoms with E-state index in [1.54, 1.807) is 0 Å². The molecule has 2 heterocycles. The fourth-order valence-electron chi connectivity index (χ4n) is 9.03. The first-order valence-corrected chi connectivity index (χ1v) is 18.1. The lowest BCUT2D eigenvalue weighted by atomic mass is 9.58. The number of rotatable bonds is 8. The van der Waals surface area contributed by atoms with Crippen LogP contribution in [-0.4, -0.2) is 55.4 Å². The summed E-state index contributed by atoms with van der Waals surface area (Å²) in [6.45, 7) is 0.461. The van der Waals surface area contributed by atoms with E-state index in [2.05, 4.69) is 20.1 Å². The number of anilines is 1. The minimum atomic E-state index is -4.70. The zero-order valence-electron chi connectivity index (χ0n) is 27.8. The molecule has 3 aromatic rings. The number of benzene rings is 1. The molecule has 5 aliphatic carbocycles. The van der Waals surface area contributed by atoms with Crippen LogP contribution in [-0.2, 0) is 10.2 Å². The zero-order chi connectivity index (χ0) is 34.9. The van der Waals surface area contributed by atoms with Gasteiger partial charge in [-0.05, 0) is 93.7 Å². The SMILES string of the molecule is O=C(C1CCC(F)(F)CC1)N(CC1CCC2(c3noc(C4CC(O)(C(F)(F)F)C4)n3)CCCC1C2)c1cccc(-c2cnc(C3CC3)nc2)c1. The van der Waals surface area contributed by atoms with Crippen molar-refractivity contribution in [1.82, 2.24) is 20.1 Å². The summed E-state index contributed by atoms with van der Waals surface area (Å²) in [5.41, 5.74) is -0.618. The second kappa shape index (κ2) is 12.3. The number of halogens is 5. The van der Waals surface area contributed by atoms with E-state index < -0.39 is 42.4 Å². The molecule has 2 aromatic heterocycles. The van der Waals surface area contributed by atoms with Crippen LogP contribution in [0.15, 0.2) is 41.2 Å². The summed E-state index contributed by atoms with van der Waals surface area (Å²) in [5, 5.41) is 14.2. The van der Waals surface area contributed by atoms with E-state index in [1.165, 1.54) is 0 Å². The number of nitrogens with zero attached hydrogens (tertiary/aromatic N) is 5. The first-order valence-electron chi connectivity index (χ1n) is 18.1. The monoisotopic (exact) mass is 699 g/mol. The van der Waals surface area contributed by atoms with Crippen LogP contribution in [0.25, 0.3) is 11.1 Å². The maximum absolute atomic E-state index is 14.3. The average molecular weight is 700 g/mol. The molecule has 0 aliphatic heterocycles. The number of hydrogen-bond donors (Lipinski definition) is 1. The van der Waals surface area contributed by atoms with Crippen molar-refractivity contribution in [1.29, 1.82) is 0 Å². The molecule has 3 atom stereocenters. The van der Waals surface area contributed by atoms with Gasteiger partial charge in [-0.3, -0.25) is 4.79 Å². The number of alkyl halides is 5. The van der Waals surface area contributed by atoms with Crippen molar-refractivity contribution in [2.75, 3.05) is 11.4 Å². The number of fused-ring (bicyclic) bond motifs is 2. The molecular weight excluding hydrogens is 657 g/mol. The lowest BCUT2D eigenvalue weighted by molar-refractivity contribution is -0.292. The third kappa shape index (κ3) is 6.32. The van der Waals surface area contributed by atoms with Gasteiger partial charge in [-0.25, -0.2) is 18.7 Å². The minimum absolute atomic E-state index is 0.118. The molecule has 5 saturated carbocycles. The molecule has 1 aromatic carbocycles. The molecule has 1 amide bonds. The van der Waals surface area contributed by atoms with Crippen molar-refractivity contribution in [3.63, 3.8) is 0 Å². The summed E-state index contributed by atoms with van der Waals surface area (Å²) >= 11 is 0. The fourth-order valence-corrected chi connectivity index (χ4v) is 9.03. The van der Waals surface area contributed by atoms with Crippen molar-refractivity contribution in [2.24, 2.45) is 17.8 Å². The Morgan fingerprint density at radius 3 is 2.36 bits per heavy atom. The molecular formula is C37H42F5N5O3. The number of aliphatic hydroxyl groups is 1. The van der Waals surface area contributed by atoms with E-state index >= 15 is 0 Å². The van der Waals surface area contributed by atoms with Gasteiger partial charge in [0.1, 0.15) is 5.82 Å². The first kappa shape index (κ1) is 33.7. The average Bonchev–Trinajstić information content (AvgIpc) is 3.82. The van der Waals surface area contributed by atoms with Gasteiger partial charge in [-0.15, -0.1) is 0 Å². The number of carbonyl (C=O) groups excluding carboxylic acids is 1. The molecule has 5 fully saturated rings. The van der Waals surface area contributed by atoms with Crippen LogP contribution in [0.5, 0.6) is 0 Å². The highest BCUT2D eigenvalue weighted by Gasteiger charge is 2.63. The van der Waals surface area contributed by atoms with Crippen molar-refractivity contribution < 1.29 is 36.4 Å². The van der Waals surface area contributed by atoms with Gasteiger partial charge < -0.3 is 14.5 Å². The maximum Gasteiger partial charge on any atom is 0.417 e. The Hall–Kier alpha value is -3.48. The number of amides is 1. The summed E-state index contributed by atoms with van der Waals surface area (Å²) in [4.78, 5) is 29.8. The minimum Gasteiger partial charge on any atom is -0.380 e. The smallest absolute Gasteiger partial charge is 0.380 e. The predicted molar refractivity (Wildman–Crippen MR) is 172 cm³/mol. The molecule has 2 bridgehead atoms. The maximum atomic E-state index is 14.3.